The number of imidazole rings is 1. The first-order valence-electron chi connectivity index (χ1n) is 11.7. The van der Waals surface area contributed by atoms with Crippen molar-refractivity contribution in [3.8, 4) is 11.1 Å². The van der Waals surface area contributed by atoms with Crippen LogP contribution in [0.15, 0.2) is 60.9 Å². The molecule has 0 unspecified atom stereocenters. The summed E-state index contributed by atoms with van der Waals surface area (Å²) in [5.74, 6) is 0.122. The Hall–Kier alpha value is -3.41. The van der Waals surface area contributed by atoms with Crippen LogP contribution in [0.3, 0.4) is 0 Å². The Morgan fingerprint density at radius 1 is 1.09 bits per heavy atom. The molecule has 0 N–H and O–H groups in total. The van der Waals surface area contributed by atoms with E-state index in [1.807, 2.05) is 24.1 Å². The van der Waals surface area contributed by atoms with Crippen molar-refractivity contribution in [1.82, 2.24) is 19.4 Å². The number of carbonyl (C=O) groups is 2. The molecule has 3 aromatic rings. The average molecular weight is 445 g/mol. The lowest BCUT2D eigenvalue weighted by molar-refractivity contribution is -0.134. The molecule has 2 heterocycles. The molecule has 4 rings (SSSR count). The van der Waals surface area contributed by atoms with Crippen LogP contribution in [0.25, 0.3) is 11.1 Å². The summed E-state index contributed by atoms with van der Waals surface area (Å²) in [6, 6.07) is 16.7. The number of aromatic nitrogens is 2. The molecule has 0 saturated carbocycles. The molecular weight excluding hydrogens is 412 g/mol. The molecule has 0 aliphatic carbocycles. The predicted octanol–water partition coefficient (Wildman–Crippen LogP) is 3.95. The predicted molar refractivity (Wildman–Crippen MR) is 130 cm³/mol. The maximum Gasteiger partial charge on any atom is 0.289 e. The topological polar surface area (TPSA) is 58.4 Å². The van der Waals surface area contributed by atoms with Crippen LogP contribution in [0, 0.1) is 12.8 Å². The van der Waals surface area contributed by atoms with Gasteiger partial charge in [0, 0.05) is 45.6 Å². The summed E-state index contributed by atoms with van der Waals surface area (Å²) < 4.78 is 1.74. The number of hydrogen-bond donors (Lipinski definition) is 0. The molecule has 1 aromatic heterocycles. The smallest absolute Gasteiger partial charge is 0.289 e. The molecule has 0 radical (unpaired) electrons. The van der Waals surface area contributed by atoms with Gasteiger partial charge >= 0.3 is 0 Å². The van der Waals surface area contributed by atoms with Crippen molar-refractivity contribution < 1.29 is 9.59 Å². The van der Waals surface area contributed by atoms with Gasteiger partial charge in [0.05, 0.1) is 5.92 Å². The van der Waals surface area contributed by atoms with E-state index in [1.165, 1.54) is 5.56 Å². The molecule has 6 nitrogen and oxygen atoms in total. The molecule has 0 spiro atoms. The quantitative estimate of drug-likeness (QED) is 0.579. The molecule has 172 valence electrons. The first kappa shape index (κ1) is 22.8. The first-order valence-corrected chi connectivity index (χ1v) is 11.7. The largest absolute Gasteiger partial charge is 0.341 e. The molecule has 2 amide bonds. The van der Waals surface area contributed by atoms with Gasteiger partial charge in [0.15, 0.2) is 5.82 Å². The van der Waals surface area contributed by atoms with Crippen LogP contribution in [0.1, 0.15) is 35.1 Å². The average Bonchev–Trinajstić information content (AvgIpc) is 3.19. The molecule has 1 aliphatic heterocycles. The van der Waals surface area contributed by atoms with Crippen LogP contribution in [0.5, 0.6) is 0 Å². The highest BCUT2D eigenvalue weighted by atomic mass is 16.2. The van der Waals surface area contributed by atoms with Gasteiger partial charge in [-0.1, -0.05) is 61.0 Å². The lowest BCUT2D eigenvalue weighted by Gasteiger charge is -2.24. The van der Waals surface area contributed by atoms with E-state index in [2.05, 4.69) is 55.2 Å². The molecule has 1 atom stereocenters. The Kier molecular flexibility index (Phi) is 6.92. The number of rotatable bonds is 6. The summed E-state index contributed by atoms with van der Waals surface area (Å²) in [6.07, 6.45) is 4.89. The van der Waals surface area contributed by atoms with Crippen LogP contribution in [-0.2, 0) is 18.3 Å². The zero-order chi connectivity index (χ0) is 23.4. The van der Waals surface area contributed by atoms with E-state index >= 15 is 0 Å². The van der Waals surface area contributed by atoms with Crippen LogP contribution in [-0.4, -0.2) is 57.3 Å². The van der Waals surface area contributed by atoms with E-state index in [-0.39, 0.29) is 17.7 Å². The molecule has 1 saturated heterocycles. The Bertz CT molecular complexity index is 1120. The number of benzene rings is 2. The standard InChI is InChI=1S/C27H32N4O2/c1-4-14-30-16-17-31(27(33)25-28-13-15-29(25)3)19-23(26(30)32)18-22-7-5-6-8-24(22)21-11-9-20(2)10-12-21/h5-13,15,23H,4,14,16-19H2,1-3H3/t23-/m0/s1. The first-order chi connectivity index (χ1) is 16.0. The lowest BCUT2D eigenvalue weighted by atomic mass is 9.91. The Balaban J connectivity index is 1.64. The van der Waals surface area contributed by atoms with E-state index in [9.17, 15) is 9.59 Å². The van der Waals surface area contributed by atoms with Gasteiger partial charge in [-0.2, -0.15) is 0 Å². The molecule has 6 heteroatoms. The lowest BCUT2D eigenvalue weighted by Crippen LogP contribution is -2.38. The fourth-order valence-electron chi connectivity index (χ4n) is 4.57. The van der Waals surface area contributed by atoms with Crippen molar-refractivity contribution in [2.24, 2.45) is 13.0 Å². The van der Waals surface area contributed by atoms with Gasteiger partial charge in [-0.05, 0) is 36.5 Å². The van der Waals surface area contributed by atoms with E-state index in [0.717, 1.165) is 23.1 Å². The van der Waals surface area contributed by atoms with E-state index in [0.29, 0.717) is 38.4 Å². The van der Waals surface area contributed by atoms with Gasteiger partial charge in [-0.3, -0.25) is 9.59 Å². The van der Waals surface area contributed by atoms with E-state index in [1.54, 1.807) is 21.9 Å². The van der Waals surface area contributed by atoms with Gasteiger partial charge < -0.3 is 14.4 Å². The summed E-state index contributed by atoms with van der Waals surface area (Å²) >= 11 is 0. The van der Waals surface area contributed by atoms with Crippen molar-refractivity contribution in [2.75, 3.05) is 26.2 Å². The third kappa shape index (κ3) is 5.00. The SMILES string of the molecule is CCCN1CCN(C(=O)c2nccn2C)C[C@H](Cc2ccccc2-c2ccc(C)cc2)C1=O. The van der Waals surface area contributed by atoms with Gasteiger partial charge in [-0.15, -0.1) is 0 Å². The highest BCUT2D eigenvalue weighted by Crippen LogP contribution is 2.28. The number of amides is 2. The maximum absolute atomic E-state index is 13.5. The minimum atomic E-state index is -0.296. The number of nitrogens with zero attached hydrogens (tertiary/aromatic N) is 4. The summed E-state index contributed by atoms with van der Waals surface area (Å²) in [5.41, 5.74) is 4.62. The normalized spacial score (nSPS) is 16.7. The molecule has 1 fully saturated rings. The zero-order valence-electron chi connectivity index (χ0n) is 19.7. The Morgan fingerprint density at radius 2 is 1.85 bits per heavy atom. The zero-order valence-corrected chi connectivity index (χ0v) is 19.7. The molecule has 2 aromatic carbocycles. The van der Waals surface area contributed by atoms with Crippen molar-refractivity contribution in [3.05, 3.63) is 77.9 Å². The fraction of sp³-hybridized carbons (Fsp3) is 0.370. The van der Waals surface area contributed by atoms with Gasteiger partial charge in [0.1, 0.15) is 0 Å². The maximum atomic E-state index is 13.5. The van der Waals surface area contributed by atoms with Crippen molar-refractivity contribution in [3.63, 3.8) is 0 Å². The minimum absolute atomic E-state index is 0.120. The van der Waals surface area contributed by atoms with E-state index in [4.69, 9.17) is 0 Å². The second kappa shape index (κ2) is 10.0. The number of aryl methyl sites for hydroxylation is 2. The van der Waals surface area contributed by atoms with Gasteiger partial charge in [0.25, 0.3) is 5.91 Å². The van der Waals surface area contributed by atoms with Crippen LogP contribution in [0.4, 0.5) is 0 Å². The summed E-state index contributed by atoms with van der Waals surface area (Å²) in [4.78, 5) is 34.7. The van der Waals surface area contributed by atoms with Crippen molar-refractivity contribution in [1.29, 1.82) is 0 Å². The van der Waals surface area contributed by atoms with E-state index < -0.39 is 0 Å². The van der Waals surface area contributed by atoms with Crippen LogP contribution < -0.4 is 0 Å². The van der Waals surface area contributed by atoms with Crippen molar-refractivity contribution in [2.45, 2.75) is 26.7 Å². The highest BCUT2D eigenvalue weighted by Gasteiger charge is 2.33. The second-order valence-corrected chi connectivity index (χ2v) is 8.86. The number of hydrogen-bond acceptors (Lipinski definition) is 3. The fourth-order valence-corrected chi connectivity index (χ4v) is 4.57. The summed E-state index contributed by atoms with van der Waals surface area (Å²) in [6.45, 7) is 6.34. The van der Waals surface area contributed by atoms with Crippen molar-refractivity contribution >= 4 is 11.8 Å². The monoisotopic (exact) mass is 444 g/mol. The molecule has 1 aliphatic rings. The summed E-state index contributed by atoms with van der Waals surface area (Å²) in [7, 11) is 1.82. The number of carbonyl (C=O) groups excluding carboxylic acids is 2. The highest BCUT2D eigenvalue weighted by molar-refractivity contribution is 5.92. The summed E-state index contributed by atoms with van der Waals surface area (Å²) in [5, 5.41) is 0. The molecule has 0 bridgehead atoms. The second-order valence-electron chi connectivity index (χ2n) is 8.86. The minimum Gasteiger partial charge on any atom is -0.341 e. The Morgan fingerprint density at radius 3 is 2.55 bits per heavy atom. The van der Waals surface area contributed by atoms with Gasteiger partial charge in [0.2, 0.25) is 5.91 Å². The Labute approximate surface area is 195 Å². The molecular formula is C27H32N4O2. The third-order valence-electron chi connectivity index (χ3n) is 6.38. The molecule has 33 heavy (non-hydrogen) atoms. The van der Waals surface area contributed by atoms with Gasteiger partial charge in [-0.25, -0.2) is 4.98 Å². The van der Waals surface area contributed by atoms with Crippen LogP contribution in [0.2, 0.25) is 0 Å². The third-order valence-corrected chi connectivity index (χ3v) is 6.38. The van der Waals surface area contributed by atoms with Crippen LogP contribution >= 0.6 is 0 Å².